The molecule has 1 aliphatic carbocycles. The van der Waals surface area contributed by atoms with Crippen LogP contribution in [0, 0.1) is 0 Å². The summed E-state index contributed by atoms with van der Waals surface area (Å²) in [6, 6.07) is 10.4. The minimum atomic E-state index is 0.0832. The summed E-state index contributed by atoms with van der Waals surface area (Å²) in [5.41, 5.74) is 1.93. The van der Waals surface area contributed by atoms with Crippen LogP contribution in [-0.4, -0.2) is 28.9 Å². The van der Waals surface area contributed by atoms with Crippen LogP contribution in [0.2, 0.25) is 0 Å². The van der Waals surface area contributed by atoms with Gasteiger partial charge in [0.15, 0.2) is 0 Å². The molecule has 0 radical (unpaired) electrons. The van der Waals surface area contributed by atoms with E-state index in [1.165, 1.54) is 19.3 Å². The number of pyridine rings is 1. The molecule has 22 heavy (non-hydrogen) atoms. The van der Waals surface area contributed by atoms with Crippen LogP contribution in [0.25, 0.3) is 17.0 Å². The van der Waals surface area contributed by atoms with Gasteiger partial charge in [-0.05, 0) is 25.0 Å². The lowest BCUT2D eigenvalue weighted by atomic mass is 9.94. The number of benzene rings is 1. The smallest absolute Gasteiger partial charge is 0.246 e. The van der Waals surface area contributed by atoms with Gasteiger partial charge < -0.3 is 4.90 Å². The Labute approximate surface area is 131 Å². The molecule has 0 N–H and O–H groups in total. The highest BCUT2D eigenvalue weighted by Crippen LogP contribution is 2.22. The van der Waals surface area contributed by atoms with Gasteiger partial charge in [-0.15, -0.1) is 0 Å². The monoisotopic (exact) mass is 294 g/mol. The van der Waals surface area contributed by atoms with Crippen LogP contribution < -0.4 is 0 Å². The fourth-order valence-corrected chi connectivity index (χ4v) is 3.19. The van der Waals surface area contributed by atoms with Crippen molar-refractivity contribution in [3.05, 3.63) is 48.2 Å². The Morgan fingerprint density at radius 1 is 1.18 bits per heavy atom. The fourth-order valence-electron chi connectivity index (χ4n) is 3.19. The third-order valence-electron chi connectivity index (χ3n) is 4.54. The zero-order valence-corrected chi connectivity index (χ0v) is 13.0. The van der Waals surface area contributed by atoms with Gasteiger partial charge in [0.25, 0.3) is 0 Å². The molecule has 1 aromatic carbocycles. The van der Waals surface area contributed by atoms with Crippen molar-refractivity contribution >= 4 is 22.9 Å². The Morgan fingerprint density at radius 2 is 1.95 bits per heavy atom. The molecule has 2 aromatic rings. The van der Waals surface area contributed by atoms with Crippen molar-refractivity contribution in [1.82, 2.24) is 9.88 Å². The molecular weight excluding hydrogens is 272 g/mol. The zero-order chi connectivity index (χ0) is 15.4. The number of likely N-dealkylation sites (N-methyl/N-ethyl adjacent to an activating group) is 1. The molecular formula is C19H22N2O. The molecule has 1 amide bonds. The first-order valence-corrected chi connectivity index (χ1v) is 8.04. The van der Waals surface area contributed by atoms with E-state index in [0.717, 1.165) is 29.3 Å². The average molecular weight is 294 g/mol. The maximum absolute atomic E-state index is 12.4. The van der Waals surface area contributed by atoms with Gasteiger partial charge in [-0.2, -0.15) is 0 Å². The van der Waals surface area contributed by atoms with E-state index in [0.29, 0.717) is 6.04 Å². The van der Waals surface area contributed by atoms with Crippen LogP contribution in [0.3, 0.4) is 0 Å². The van der Waals surface area contributed by atoms with Crippen LogP contribution in [0.4, 0.5) is 0 Å². The Kier molecular flexibility index (Phi) is 4.52. The second-order valence-electron chi connectivity index (χ2n) is 6.00. The third kappa shape index (κ3) is 3.19. The minimum Gasteiger partial charge on any atom is -0.339 e. The van der Waals surface area contributed by atoms with Crippen molar-refractivity contribution in [3.63, 3.8) is 0 Å². The molecule has 3 rings (SSSR count). The van der Waals surface area contributed by atoms with Crippen LogP contribution in [-0.2, 0) is 4.79 Å². The molecule has 1 saturated carbocycles. The maximum Gasteiger partial charge on any atom is 0.246 e. The third-order valence-corrected chi connectivity index (χ3v) is 4.54. The molecule has 0 aliphatic heterocycles. The van der Waals surface area contributed by atoms with Gasteiger partial charge in [-0.25, -0.2) is 0 Å². The van der Waals surface area contributed by atoms with E-state index in [-0.39, 0.29) is 5.91 Å². The number of carbonyl (C=O) groups is 1. The highest BCUT2D eigenvalue weighted by molar-refractivity contribution is 5.95. The normalized spacial score (nSPS) is 16.2. The van der Waals surface area contributed by atoms with Crippen molar-refractivity contribution in [2.75, 3.05) is 7.05 Å². The van der Waals surface area contributed by atoms with E-state index in [4.69, 9.17) is 0 Å². The van der Waals surface area contributed by atoms with Crippen LogP contribution in [0.1, 0.15) is 37.7 Å². The Bertz CT molecular complexity index is 681. The quantitative estimate of drug-likeness (QED) is 0.800. The molecule has 1 heterocycles. The van der Waals surface area contributed by atoms with Crippen molar-refractivity contribution in [2.45, 2.75) is 38.1 Å². The second-order valence-corrected chi connectivity index (χ2v) is 6.00. The van der Waals surface area contributed by atoms with Gasteiger partial charge in [-0.3, -0.25) is 9.78 Å². The highest BCUT2D eigenvalue weighted by atomic mass is 16.2. The molecule has 1 aliphatic rings. The first kappa shape index (κ1) is 14.8. The highest BCUT2D eigenvalue weighted by Gasteiger charge is 2.20. The second kappa shape index (κ2) is 6.73. The Balaban J connectivity index is 1.76. The molecule has 3 heteroatoms. The SMILES string of the molecule is CN(C(=O)/C=C/c1cccc2cccnc12)C1CCCCC1. The summed E-state index contributed by atoms with van der Waals surface area (Å²) in [5.74, 6) is 0.0832. The van der Waals surface area contributed by atoms with Gasteiger partial charge in [0.05, 0.1) is 5.52 Å². The van der Waals surface area contributed by atoms with Gasteiger partial charge in [0.1, 0.15) is 0 Å². The minimum absolute atomic E-state index is 0.0832. The summed E-state index contributed by atoms with van der Waals surface area (Å²) in [5, 5.41) is 1.10. The summed E-state index contributed by atoms with van der Waals surface area (Å²) in [6.45, 7) is 0. The molecule has 0 saturated heterocycles. The van der Waals surface area contributed by atoms with E-state index in [9.17, 15) is 4.79 Å². The summed E-state index contributed by atoms with van der Waals surface area (Å²) in [4.78, 5) is 18.7. The average Bonchev–Trinajstić information content (AvgIpc) is 2.59. The number of nitrogens with zero attached hydrogens (tertiary/aromatic N) is 2. The number of amides is 1. The van der Waals surface area contributed by atoms with E-state index in [1.807, 2.05) is 48.4 Å². The lowest BCUT2D eigenvalue weighted by Gasteiger charge is -2.30. The number of rotatable bonds is 3. The summed E-state index contributed by atoms with van der Waals surface area (Å²) in [6.07, 6.45) is 11.4. The van der Waals surface area contributed by atoms with Crippen LogP contribution in [0.15, 0.2) is 42.6 Å². The van der Waals surface area contributed by atoms with E-state index >= 15 is 0 Å². The lowest BCUT2D eigenvalue weighted by Crippen LogP contribution is -2.37. The Hall–Kier alpha value is -2.16. The zero-order valence-electron chi connectivity index (χ0n) is 13.0. The first-order chi connectivity index (χ1) is 10.8. The van der Waals surface area contributed by atoms with Crippen molar-refractivity contribution in [3.8, 4) is 0 Å². The molecule has 3 nitrogen and oxygen atoms in total. The van der Waals surface area contributed by atoms with E-state index in [1.54, 1.807) is 12.3 Å². The number of hydrogen-bond donors (Lipinski definition) is 0. The number of aromatic nitrogens is 1. The largest absolute Gasteiger partial charge is 0.339 e. The number of hydrogen-bond acceptors (Lipinski definition) is 2. The van der Waals surface area contributed by atoms with Crippen LogP contribution in [0.5, 0.6) is 0 Å². The summed E-state index contributed by atoms with van der Waals surface area (Å²) in [7, 11) is 1.92. The van der Waals surface area contributed by atoms with Crippen molar-refractivity contribution in [2.24, 2.45) is 0 Å². The summed E-state index contributed by atoms with van der Waals surface area (Å²) >= 11 is 0. The number of para-hydroxylation sites is 1. The van der Waals surface area contributed by atoms with E-state index in [2.05, 4.69) is 4.98 Å². The predicted octanol–water partition coefficient (Wildman–Crippen LogP) is 4.04. The molecule has 114 valence electrons. The molecule has 0 spiro atoms. The Morgan fingerprint density at radius 3 is 2.77 bits per heavy atom. The van der Waals surface area contributed by atoms with Crippen LogP contribution >= 0.6 is 0 Å². The molecule has 1 fully saturated rings. The first-order valence-electron chi connectivity index (χ1n) is 8.04. The molecule has 1 aromatic heterocycles. The van der Waals surface area contributed by atoms with Crippen molar-refractivity contribution < 1.29 is 4.79 Å². The van der Waals surface area contributed by atoms with Crippen molar-refractivity contribution in [1.29, 1.82) is 0 Å². The van der Waals surface area contributed by atoms with Gasteiger partial charge in [0.2, 0.25) is 5.91 Å². The van der Waals surface area contributed by atoms with Gasteiger partial charge in [-0.1, -0.05) is 43.5 Å². The van der Waals surface area contributed by atoms with E-state index < -0.39 is 0 Å². The predicted molar refractivity (Wildman–Crippen MR) is 90.4 cm³/mol. The number of fused-ring (bicyclic) bond motifs is 1. The summed E-state index contributed by atoms with van der Waals surface area (Å²) < 4.78 is 0. The number of carbonyl (C=O) groups excluding carboxylic acids is 1. The van der Waals surface area contributed by atoms with Gasteiger partial charge >= 0.3 is 0 Å². The molecule has 0 atom stereocenters. The fraction of sp³-hybridized carbons (Fsp3) is 0.368. The van der Waals surface area contributed by atoms with Gasteiger partial charge in [0, 0.05) is 36.3 Å². The standard InChI is InChI=1S/C19H22N2O/c1-21(17-10-3-2-4-11-17)18(22)13-12-16-8-5-7-15-9-6-14-20-19(15)16/h5-9,12-14,17H,2-4,10-11H2,1H3/b13-12+. The maximum atomic E-state index is 12.4. The molecule has 0 unspecified atom stereocenters. The molecule has 0 bridgehead atoms. The lowest BCUT2D eigenvalue weighted by molar-refractivity contribution is -0.127. The topological polar surface area (TPSA) is 33.2 Å².